The Kier molecular flexibility index (Phi) is 4.17. The van der Waals surface area contributed by atoms with Crippen molar-refractivity contribution in [2.24, 2.45) is 17.3 Å². The van der Waals surface area contributed by atoms with Gasteiger partial charge < -0.3 is 14.2 Å². The van der Waals surface area contributed by atoms with Gasteiger partial charge in [-0.25, -0.2) is 4.79 Å². The van der Waals surface area contributed by atoms with E-state index in [1.54, 1.807) is 7.11 Å². The quantitative estimate of drug-likeness (QED) is 0.729. The summed E-state index contributed by atoms with van der Waals surface area (Å²) in [6, 6.07) is 6.61. The first-order valence-corrected chi connectivity index (χ1v) is 9.48. The molecule has 0 aliphatic heterocycles. The Morgan fingerprint density at radius 2 is 2.00 bits per heavy atom. The molecule has 0 N–H and O–H groups in total. The van der Waals surface area contributed by atoms with Gasteiger partial charge in [-0.3, -0.25) is 0 Å². The number of fused-ring (bicyclic) bond motifs is 5. The number of aryl methyl sites for hydroxylation is 1. The summed E-state index contributed by atoms with van der Waals surface area (Å²) >= 11 is 0. The fraction of sp³-hybridized carbons (Fsp3) is 0.667. The Hall–Kier alpha value is -1.71. The third-order valence-electron chi connectivity index (χ3n) is 7.25. The molecule has 0 saturated heterocycles. The number of methoxy groups -OCH3 is 2. The van der Waals surface area contributed by atoms with Crippen LogP contribution in [-0.2, 0) is 15.9 Å². The summed E-state index contributed by atoms with van der Waals surface area (Å²) in [5.41, 5.74) is 3.08. The summed E-state index contributed by atoms with van der Waals surface area (Å²) in [6.45, 7) is 2.33. The van der Waals surface area contributed by atoms with E-state index in [1.807, 2.05) is 0 Å². The van der Waals surface area contributed by atoms with Gasteiger partial charge in [-0.05, 0) is 79.5 Å². The molecule has 0 radical (unpaired) electrons. The summed E-state index contributed by atoms with van der Waals surface area (Å²) in [6.07, 6.45) is 6.25. The molecule has 4 rings (SSSR count). The Bertz CT molecular complexity index is 670. The van der Waals surface area contributed by atoms with Crippen molar-refractivity contribution in [2.45, 2.75) is 57.5 Å². The molecule has 0 bridgehead atoms. The van der Waals surface area contributed by atoms with Crippen molar-refractivity contribution in [3.8, 4) is 5.75 Å². The summed E-state index contributed by atoms with van der Waals surface area (Å²) in [7, 11) is 3.12. The van der Waals surface area contributed by atoms with E-state index in [1.165, 1.54) is 31.1 Å². The van der Waals surface area contributed by atoms with Crippen LogP contribution in [0.15, 0.2) is 18.2 Å². The van der Waals surface area contributed by atoms with Crippen molar-refractivity contribution >= 4 is 6.16 Å². The molecule has 0 heterocycles. The zero-order valence-corrected chi connectivity index (χ0v) is 15.4. The number of hydrogen-bond acceptors (Lipinski definition) is 4. The standard InChI is InChI=1S/C21H28O4/c1-21-11-10-16-15-7-5-14(23-2)12-13(15)4-6-17(16)18(21)8-9-19(21)25-20(22)24-3/h5,7,12,16-19H,4,6,8-11H2,1-3H3/t16-,17-,18+,19+,21+/m1/s1. The number of hydrogen-bond donors (Lipinski definition) is 0. The topological polar surface area (TPSA) is 44.8 Å². The summed E-state index contributed by atoms with van der Waals surface area (Å²) < 4.78 is 15.8. The Morgan fingerprint density at radius 3 is 2.76 bits per heavy atom. The van der Waals surface area contributed by atoms with Crippen molar-refractivity contribution in [3.05, 3.63) is 29.3 Å². The molecule has 136 valence electrons. The third-order valence-corrected chi connectivity index (χ3v) is 7.25. The fourth-order valence-electron chi connectivity index (χ4n) is 6.00. The molecule has 1 aromatic rings. The zero-order chi connectivity index (χ0) is 17.6. The second-order valence-corrected chi connectivity index (χ2v) is 8.16. The Morgan fingerprint density at radius 1 is 1.16 bits per heavy atom. The van der Waals surface area contributed by atoms with Gasteiger partial charge in [-0.1, -0.05) is 13.0 Å². The maximum atomic E-state index is 11.6. The second kappa shape index (κ2) is 6.22. The predicted molar refractivity (Wildman–Crippen MR) is 94.9 cm³/mol. The molecule has 0 amide bonds. The van der Waals surface area contributed by atoms with E-state index < -0.39 is 6.16 Å². The van der Waals surface area contributed by atoms with Gasteiger partial charge in [0.2, 0.25) is 0 Å². The Balaban J connectivity index is 1.58. The van der Waals surface area contributed by atoms with Crippen molar-refractivity contribution in [1.29, 1.82) is 0 Å². The van der Waals surface area contributed by atoms with Crippen LogP contribution >= 0.6 is 0 Å². The SMILES string of the molecule is COC(=O)O[C@H]1CC[C@H]2[C@@H]3CCc4cc(OC)ccc4[C@H]3CC[C@]12C. The lowest BCUT2D eigenvalue weighted by molar-refractivity contribution is -0.0500. The first kappa shape index (κ1) is 16.7. The molecule has 3 aliphatic rings. The van der Waals surface area contributed by atoms with E-state index in [9.17, 15) is 4.79 Å². The largest absolute Gasteiger partial charge is 0.508 e. The van der Waals surface area contributed by atoms with Crippen LogP contribution in [0.25, 0.3) is 0 Å². The predicted octanol–water partition coefficient (Wildman–Crippen LogP) is 4.70. The van der Waals surface area contributed by atoms with E-state index in [2.05, 4.69) is 25.1 Å². The van der Waals surface area contributed by atoms with Gasteiger partial charge in [-0.15, -0.1) is 0 Å². The average Bonchev–Trinajstić information content (AvgIpc) is 2.97. The number of benzene rings is 1. The van der Waals surface area contributed by atoms with E-state index in [-0.39, 0.29) is 11.5 Å². The number of rotatable bonds is 2. The average molecular weight is 344 g/mol. The molecule has 0 unspecified atom stereocenters. The van der Waals surface area contributed by atoms with Gasteiger partial charge in [0.05, 0.1) is 14.2 Å². The minimum atomic E-state index is -0.532. The first-order chi connectivity index (χ1) is 12.1. The van der Waals surface area contributed by atoms with Crippen LogP contribution in [0.4, 0.5) is 4.79 Å². The highest BCUT2D eigenvalue weighted by Crippen LogP contribution is 2.61. The highest BCUT2D eigenvalue weighted by molar-refractivity contribution is 5.60. The van der Waals surface area contributed by atoms with E-state index in [4.69, 9.17) is 14.2 Å². The molecule has 1 aromatic carbocycles. The second-order valence-electron chi connectivity index (χ2n) is 8.16. The number of ether oxygens (including phenoxy) is 3. The molecule has 25 heavy (non-hydrogen) atoms. The van der Waals surface area contributed by atoms with Gasteiger partial charge in [0.25, 0.3) is 0 Å². The normalized spacial score (nSPS) is 36.0. The maximum absolute atomic E-state index is 11.6. The van der Waals surface area contributed by atoms with Crippen molar-refractivity contribution in [1.82, 2.24) is 0 Å². The van der Waals surface area contributed by atoms with Crippen molar-refractivity contribution in [2.75, 3.05) is 14.2 Å². The summed E-state index contributed by atoms with van der Waals surface area (Å²) in [5, 5.41) is 0. The smallest absolute Gasteiger partial charge is 0.497 e. The van der Waals surface area contributed by atoms with Crippen molar-refractivity contribution < 1.29 is 19.0 Å². The van der Waals surface area contributed by atoms with Crippen LogP contribution in [0.2, 0.25) is 0 Å². The monoisotopic (exact) mass is 344 g/mol. The maximum Gasteiger partial charge on any atom is 0.508 e. The molecular formula is C21H28O4. The van der Waals surface area contributed by atoms with Gasteiger partial charge in [-0.2, -0.15) is 0 Å². The van der Waals surface area contributed by atoms with Crippen molar-refractivity contribution in [3.63, 3.8) is 0 Å². The van der Waals surface area contributed by atoms with Gasteiger partial charge in [0.15, 0.2) is 0 Å². The lowest BCUT2D eigenvalue weighted by Crippen LogP contribution is -2.45. The van der Waals surface area contributed by atoms with Crippen LogP contribution in [0.3, 0.4) is 0 Å². The van der Waals surface area contributed by atoms with Crippen LogP contribution in [0.5, 0.6) is 5.75 Å². The van der Waals surface area contributed by atoms with Gasteiger partial charge >= 0.3 is 6.16 Å². The van der Waals surface area contributed by atoms with E-state index in [0.29, 0.717) is 17.8 Å². The molecule has 3 aliphatic carbocycles. The minimum absolute atomic E-state index is 0.00293. The highest BCUT2D eigenvalue weighted by Gasteiger charge is 2.56. The number of carbonyl (C=O) groups excluding carboxylic acids is 1. The van der Waals surface area contributed by atoms with Gasteiger partial charge in [0.1, 0.15) is 11.9 Å². The highest BCUT2D eigenvalue weighted by atomic mass is 16.7. The van der Waals surface area contributed by atoms with Crippen LogP contribution in [0.1, 0.15) is 56.1 Å². The Labute approximate surface area is 149 Å². The summed E-state index contributed by atoms with van der Waals surface area (Å²) in [4.78, 5) is 11.6. The van der Waals surface area contributed by atoms with Crippen LogP contribution < -0.4 is 4.74 Å². The zero-order valence-electron chi connectivity index (χ0n) is 15.4. The molecule has 4 heteroatoms. The van der Waals surface area contributed by atoms with Gasteiger partial charge in [0, 0.05) is 5.41 Å². The van der Waals surface area contributed by atoms with E-state index >= 15 is 0 Å². The molecule has 2 saturated carbocycles. The molecular weight excluding hydrogens is 316 g/mol. The molecule has 5 atom stereocenters. The molecule has 2 fully saturated rings. The minimum Gasteiger partial charge on any atom is -0.497 e. The van der Waals surface area contributed by atoms with Crippen LogP contribution in [0, 0.1) is 17.3 Å². The molecule has 0 aromatic heterocycles. The van der Waals surface area contributed by atoms with E-state index in [0.717, 1.165) is 31.4 Å². The lowest BCUT2D eigenvalue weighted by atomic mass is 9.55. The first-order valence-electron chi connectivity index (χ1n) is 9.48. The summed E-state index contributed by atoms with van der Waals surface area (Å²) in [5.74, 6) is 2.94. The van der Waals surface area contributed by atoms with Crippen LogP contribution in [-0.4, -0.2) is 26.5 Å². The lowest BCUT2D eigenvalue weighted by Gasteiger charge is -2.50. The fourth-order valence-corrected chi connectivity index (χ4v) is 6.00. The molecule has 4 nitrogen and oxygen atoms in total. The number of carbonyl (C=O) groups is 1. The molecule has 0 spiro atoms. The third kappa shape index (κ3) is 2.61.